The molecular formula is C23H25Cl2N5O2S. The maximum atomic E-state index is 12.6. The molecule has 174 valence electrons. The van der Waals surface area contributed by atoms with Crippen LogP contribution in [0.5, 0.6) is 0 Å². The molecule has 1 heterocycles. The Morgan fingerprint density at radius 3 is 2.39 bits per heavy atom. The molecule has 2 amide bonds. The van der Waals surface area contributed by atoms with Crippen molar-refractivity contribution in [1.82, 2.24) is 20.1 Å². The van der Waals surface area contributed by atoms with Crippen LogP contribution in [0.4, 0.5) is 5.69 Å². The van der Waals surface area contributed by atoms with Crippen molar-refractivity contribution in [2.75, 3.05) is 11.1 Å². The van der Waals surface area contributed by atoms with Gasteiger partial charge in [-0.1, -0.05) is 52.7 Å². The number of rotatable bonds is 7. The number of anilines is 1. The van der Waals surface area contributed by atoms with Crippen LogP contribution >= 0.6 is 35.0 Å². The molecule has 3 rings (SSSR count). The minimum Gasteiger partial charge on any atom is -0.342 e. The Labute approximate surface area is 207 Å². The van der Waals surface area contributed by atoms with Crippen LogP contribution in [-0.2, 0) is 11.8 Å². The molecule has 1 atom stereocenters. The highest BCUT2D eigenvalue weighted by Crippen LogP contribution is 2.25. The first-order valence-electron chi connectivity index (χ1n) is 10.2. The van der Waals surface area contributed by atoms with Gasteiger partial charge in [0.15, 0.2) is 11.0 Å². The highest BCUT2D eigenvalue weighted by Gasteiger charge is 2.20. The highest BCUT2D eigenvalue weighted by atomic mass is 35.5. The first-order chi connectivity index (χ1) is 15.6. The van der Waals surface area contributed by atoms with Gasteiger partial charge in [-0.3, -0.25) is 9.59 Å². The fourth-order valence-electron chi connectivity index (χ4n) is 3.52. The third kappa shape index (κ3) is 6.07. The predicted octanol–water partition coefficient (Wildman–Crippen LogP) is 5.27. The topological polar surface area (TPSA) is 88.9 Å². The Morgan fingerprint density at radius 2 is 1.76 bits per heavy atom. The van der Waals surface area contributed by atoms with Gasteiger partial charge in [-0.05, 0) is 57.0 Å². The van der Waals surface area contributed by atoms with E-state index < -0.39 is 6.04 Å². The van der Waals surface area contributed by atoms with E-state index in [0.29, 0.717) is 21.6 Å². The third-order valence-electron chi connectivity index (χ3n) is 5.05. The zero-order chi connectivity index (χ0) is 24.3. The zero-order valence-corrected chi connectivity index (χ0v) is 21.3. The number of halogens is 2. The number of aromatic nitrogens is 3. The molecule has 0 bridgehead atoms. The van der Waals surface area contributed by atoms with Gasteiger partial charge in [0, 0.05) is 17.8 Å². The van der Waals surface area contributed by atoms with Crippen molar-refractivity contribution in [3.8, 4) is 0 Å². The van der Waals surface area contributed by atoms with Gasteiger partial charge < -0.3 is 15.2 Å². The molecule has 2 aromatic carbocycles. The maximum Gasteiger partial charge on any atom is 0.253 e. The Kier molecular flexibility index (Phi) is 8.05. The molecule has 0 saturated carbocycles. The lowest BCUT2D eigenvalue weighted by molar-refractivity contribution is -0.113. The van der Waals surface area contributed by atoms with Crippen LogP contribution in [0.2, 0.25) is 10.0 Å². The summed E-state index contributed by atoms with van der Waals surface area (Å²) in [5.41, 5.74) is 4.36. The van der Waals surface area contributed by atoms with E-state index in [1.165, 1.54) is 17.8 Å². The average Bonchev–Trinajstić information content (AvgIpc) is 3.09. The number of aryl methyl sites for hydroxylation is 3. The van der Waals surface area contributed by atoms with Crippen molar-refractivity contribution in [2.45, 2.75) is 38.9 Å². The number of nitrogens with one attached hydrogen (secondary N) is 2. The van der Waals surface area contributed by atoms with E-state index in [9.17, 15) is 9.59 Å². The molecule has 0 fully saturated rings. The molecule has 0 aliphatic rings. The number of carbonyl (C=O) groups is 2. The SMILES string of the molecule is Cc1cc(C)c(NC(=O)CSc2nnc([C@@H](C)NC(=O)c3ccc(Cl)cc3Cl)n2C)c(C)c1. The normalized spacial score (nSPS) is 11.8. The standard InChI is InChI=1S/C23H25Cl2N5O2S/c1-12-8-13(2)20(14(3)9-12)27-19(31)11-33-23-29-28-21(30(23)5)15(4)26-22(32)17-7-6-16(24)10-18(17)25/h6-10,15H,11H2,1-5H3,(H,26,32)(H,27,31)/t15-/m1/s1. The van der Waals surface area contributed by atoms with Crippen LogP contribution < -0.4 is 10.6 Å². The van der Waals surface area contributed by atoms with Gasteiger partial charge in [0.05, 0.1) is 22.4 Å². The Hall–Kier alpha value is -2.55. The molecule has 0 aliphatic carbocycles. The summed E-state index contributed by atoms with van der Waals surface area (Å²) in [5, 5.41) is 15.5. The minimum absolute atomic E-state index is 0.127. The first kappa shape index (κ1) is 25.1. The molecule has 10 heteroatoms. The van der Waals surface area contributed by atoms with E-state index in [0.717, 1.165) is 22.4 Å². The monoisotopic (exact) mass is 505 g/mol. The second kappa shape index (κ2) is 10.6. The van der Waals surface area contributed by atoms with Crippen LogP contribution in [-0.4, -0.2) is 32.3 Å². The average molecular weight is 506 g/mol. The summed E-state index contributed by atoms with van der Waals surface area (Å²) in [5.74, 6) is 0.268. The zero-order valence-electron chi connectivity index (χ0n) is 19.0. The van der Waals surface area contributed by atoms with E-state index in [2.05, 4.69) is 20.8 Å². The number of hydrogen-bond acceptors (Lipinski definition) is 5. The van der Waals surface area contributed by atoms with Gasteiger partial charge in [0.1, 0.15) is 0 Å². The molecule has 0 aliphatic heterocycles. The van der Waals surface area contributed by atoms with E-state index in [1.54, 1.807) is 30.7 Å². The lowest BCUT2D eigenvalue weighted by Gasteiger charge is -2.14. The summed E-state index contributed by atoms with van der Waals surface area (Å²) in [6.07, 6.45) is 0. The van der Waals surface area contributed by atoms with Crippen molar-refractivity contribution < 1.29 is 9.59 Å². The second-order valence-electron chi connectivity index (χ2n) is 7.83. The van der Waals surface area contributed by atoms with E-state index >= 15 is 0 Å². The Bertz CT molecular complexity index is 1190. The summed E-state index contributed by atoms with van der Waals surface area (Å²) < 4.78 is 1.76. The van der Waals surface area contributed by atoms with Crippen LogP contribution in [0.25, 0.3) is 0 Å². The van der Waals surface area contributed by atoms with Gasteiger partial charge in [-0.2, -0.15) is 0 Å². The van der Waals surface area contributed by atoms with E-state index in [1.807, 2.05) is 32.9 Å². The van der Waals surface area contributed by atoms with Crippen LogP contribution in [0.1, 0.15) is 45.8 Å². The number of amides is 2. The van der Waals surface area contributed by atoms with Crippen molar-refractivity contribution in [1.29, 1.82) is 0 Å². The first-order valence-corrected chi connectivity index (χ1v) is 12.0. The van der Waals surface area contributed by atoms with Gasteiger partial charge >= 0.3 is 0 Å². The predicted molar refractivity (Wildman–Crippen MR) is 133 cm³/mol. The molecule has 0 spiro atoms. The smallest absolute Gasteiger partial charge is 0.253 e. The van der Waals surface area contributed by atoms with Crippen LogP contribution in [0, 0.1) is 20.8 Å². The number of carbonyl (C=O) groups excluding carboxylic acids is 2. The molecule has 0 saturated heterocycles. The maximum absolute atomic E-state index is 12.6. The van der Waals surface area contributed by atoms with Gasteiger partial charge in [0.25, 0.3) is 5.91 Å². The number of thioether (sulfide) groups is 1. The fraction of sp³-hybridized carbons (Fsp3) is 0.304. The molecule has 0 unspecified atom stereocenters. The van der Waals surface area contributed by atoms with E-state index in [4.69, 9.17) is 23.2 Å². The molecule has 3 aromatic rings. The van der Waals surface area contributed by atoms with Crippen molar-refractivity contribution in [3.63, 3.8) is 0 Å². The molecule has 0 radical (unpaired) electrons. The number of benzene rings is 2. The largest absolute Gasteiger partial charge is 0.342 e. The summed E-state index contributed by atoms with van der Waals surface area (Å²) in [6.45, 7) is 7.78. The highest BCUT2D eigenvalue weighted by molar-refractivity contribution is 7.99. The van der Waals surface area contributed by atoms with Crippen molar-refractivity contribution in [2.24, 2.45) is 7.05 Å². The van der Waals surface area contributed by atoms with Crippen molar-refractivity contribution >= 4 is 52.5 Å². The Balaban J connectivity index is 1.62. The third-order valence-corrected chi connectivity index (χ3v) is 6.62. The lowest BCUT2D eigenvalue weighted by atomic mass is 10.1. The minimum atomic E-state index is -0.428. The van der Waals surface area contributed by atoms with Gasteiger partial charge in [-0.15, -0.1) is 10.2 Å². The molecule has 33 heavy (non-hydrogen) atoms. The summed E-state index contributed by atoms with van der Waals surface area (Å²) in [6, 6.07) is 8.34. The number of hydrogen-bond donors (Lipinski definition) is 2. The summed E-state index contributed by atoms with van der Waals surface area (Å²) in [7, 11) is 1.79. The quantitative estimate of drug-likeness (QED) is 0.427. The lowest BCUT2D eigenvalue weighted by Crippen LogP contribution is -2.28. The van der Waals surface area contributed by atoms with Gasteiger partial charge in [0.2, 0.25) is 5.91 Å². The molecule has 2 N–H and O–H groups in total. The van der Waals surface area contributed by atoms with Gasteiger partial charge in [-0.25, -0.2) is 0 Å². The summed E-state index contributed by atoms with van der Waals surface area (Å²) >= 11 is 13.3. The van der Waals surface area contributed by atoms with E-state index in [-0.39, 0.29) is 22.6 Å². The van der Waals surface area contributed by atoms with Crippen LogP contribution in [0.15, 0.2) is 35.5 Å². The fourth-order valence-corrected chi connectivity index (χ4v) is 4.74. The second-order valence-corrected chi connectivity index (χ2v) is 9.62. The molecular weight excluding hydrogens is 481 g/mol. The molecule has 7 nitrogen and oxygen atoms in total. The summed E-state index contributed by atoms with van der Waals surface area (Å²) in [4.78, 5) is 25.1. The number of nitrogens with zero attached hydrogens (tertiary/aromatic N) is 3. The van der Waals surface area contributed by atoms with Crippen LogP contribution in [0.3, 0.4) is 0 Å². The molecule has 1 aromatic heterocycles. The Morgan fingerprint density at radius 1 is 1.09 bits per heavy atom. The van der Waals surface area contributed by atoms with Crippen molar-refractivity contribution in [3.05, 3.63) is 68.5 Å².